The Hall–Kier alpha value is -5.40. The number of phenolic OH excluding ortho intramolecular Hbond substituents is 2. The standard InChI is InChI=1S/C34H25N7O8S2.Na/c35-31-30-22(19-29(51(47,48)49)33(34(30)43)41-38-23-4-2-1-3-5-23)18-28(50(44,45)46)32(31)40-39-25-12-8-21(9-13-25)20-6-10-24(11-7-20)36-37-26-14-16-27(42)17-15-26;/h1-19,42-43H,35H2,(H,44,45,46)(H,47,48,49);. The molecule has 257 valence electrons. The van der Waals surface area contributed by atoms with Gasteiger partial charge in [0, 0.05) is 29.6 Å². The Morgan fingerprint density at radius 2 is 0.885 bits per heavy atom. The molecule has 15 nitrogen and oxygen atoms in total. The summed E-state index contributed by atoms with van der Waals surface area (Å²) in [6.07, 6.45) is 0. The van der Waals surface area contributed by atoms with Crippen molar-refractivity contribution in [1.29, 1.82) is 0 Å². The fourth-order valence-corrected chi connectivity index (χ4v) is 6.22. The molecule has 0 saturated carbocycles. The zero-order valence-corrected chi connectivity index (χ0v) is 30.6. The average Bonchev–Trinajstić information content (AvgIpc) is 3.10. The van der Waals surface area contributed by atoms with E-state index >= 15 is 0 Å². The SMILES string of the molecule is Nc1c(N=Nc2ccc(-c3ccc(N=Nc4ccc(O)cc4)cc3)cc2)c(S(=O)(=O)O)cc2cc(S(=O)(=O)O)c(N=Nc3ccccc3)c(O)c12.[Na]. The van der Waals surface area contributed by atoms with Crippen molar-refractivity contribution in [2.45, 2.75) is 9.79 Å². The van der Waals surface area contributed by atoms with Crippen LogP contribution < -0.4 is 5.73 Å². The minimum Gasteiger partial charge on any atom is -0.508 e. The number of rotatable bonds is 9. The van der Waals surface area contributed by atoms with E-state index in [0.717, 1.165) is 23.3 Å². The van der Waals surface area contributed by atoms with Crippen LogP contribution in [0, 0.1) is 0 Å². The van der Waals surface area contributed by atoms with Gasteiger partial charge in [0.2, 0.25) is 0 Å². The molecule has 0 unspecified atom stereocenters. The van der Waals surface area contributed by atoms with Crippen molar-refractivity contribution in [1.82, 2.24) is 0 Å². The van der Waals surface area contributed by atoms with Crippen LogP contribution in [0.15, 0.2) is 156 Å². The largest absolute Gasteiger partial charge is 0.508 e. The van der Waals surface area contributed by atoms with Crippen molar-refractivity contribution in [2.75, 3.05) is 5.73 Å². The quantitative estimate of drug-likeness (QED) is 0.0409. The van der Waals surface area contributed by atoms with Crippen molar-refractivity contribution in [3.05, 3.63) is 115 Å². The van der Waals surface area contributed by atoms with Gasteiger partial charge in [-0.2, -0.15) is 37.3 Å². The normalized spacial score (nSPS) is 12.2. The minimum atomic E-state index is -5.03. The van der Waals surface area contributed by atoms with Crippen LogP contribution in [0.3, 0.4) is 0 Å². The number of hydrogen-bond donors (Lipinski definition) is 5. The number of anilines is 1. The number of phenols is 2. The van der Waals surface area contributed by atoms with Gasteiger partial charge in [0.25, 0.3) is 20.2 Å². The molecule has 0 bridgehead atoms. The van der Waals surface area contributed by atoms with E-state index in [-0.39, 0.29) is 51.8 Å². The third-order valence-electron chi connectivity index (χ3n) is 7.36. The molecule has 0 spiro atoms. The second-order valence-electron chi connectivity index (χ2n) is 10.8. The maximum atomic E-state index is 12.4. The zero-order valence-electron chi connectivity index (χ0n) is 27.0. The topological polar surface area (TPSA) is 249 Å². The molecule has 6 rings (SSSR count). The first-order valence-corrected chi connectivity index (χ1v) is 17.5. The molecule has 52 heavy (non-hydrogen) atoms. The van der Waals surface area contributed by atoms with Crippen LogP contribution in [0.4, 0.5) is 39.8 Å². The Balaban J connectivity index is 0.00000523. The molecule has 0 amide bonds. The number of nitrogen functional groups attached to an aromatic ring is 1. The van der Waals surface area contributed by atoms with E-state index in [2.05, 4.69) is 30.7 Å². The summed E-state index contributed by atoms with van der Waals surface area (Å²) in [5.41, 5.74) is 7.96. The van der Waals surface area contributed by atoms with Crippen LogP contribution in [0.1, 0.15) is 0 Å². The summed E-state index contributed by atoms with van der Waals surface area (Å²) >= 11 is 0. The Morgan fingerprint density at radius 3 is 1.35 bits per heavy atom. The van der Waals surface area contributed by atoms with Gasteiger partial charge in [-0.1, -0.05) is 42.5 Å². The Kier molecular flexibility index (Phi) is 11.3. The molecule has 0 fully saturated rings. The average molecular weight is 747 g/mol. The van der Waals surface area contributed by atoms with Gasteiger partial charge in [-0.05, 0) is 89.3 Å². The number of fused-ring (bicyclic) bond motifs is 1. The molecule has 0 aromatic heterocycles. The second kappa shape index (κ2) is 15.5. The molecular weight excluding hydrogens is 722 g/mol. The second-order valence-corrected chi connectivity index (χ2v) is 13.6. The van der Waals surface area contributed by atoms with Gasteiger partial charge in [0.15, 0.2) is 5.75 Å². The summed E-state index contributed by atoms with van der Waals surface area (Å²) in [5, 5.41) is 44.2. The maximum Gasteiger partial charge on any atom is 0.296 e. The number of nitrogens with zero attached hydrogens (tertiary/aromatic N) is 6. The van der Waals surface area contributed by atoms with Gasteiger partial charge in [-0.25, -0.2) is 0 Å². The van der Waals surface area contributed by atoms with Crippen LogP contribution in [-0.4, -0.2) is 65.7 Å². The van der Waals surface area contributed by atoms with Gasteiger partial charge in [0.1, 0.15) is 26.9 Å². The van der Waals surface area contributed by atoms with Crippen molar-refractivity contribution in [2.24, 2.45) is 30.7 Å². The molecular formula is C34H25N7NaO8S2. The van der Waals surface area contributed by atoms with Crippen molar-refractivity contribution in [3.63, 3.8) is 0 Å². The summed E-state index contributed by atoms with van der Waals surface area (Å²) in [7, 11) is -10.1. The Bertz CT molecular complexity index is 2590. The van der Waals surface area contributed by atoms with E-state index < -0.39 is 52.8 Å². The first-order chi connectivity index (χ1) is 24.3. The molecule has 0 aliphatic heterocycles. The predicted octanol–water partition coefficient (Wildman–Crippen LogP) is 8.86. The van der Waals surface area contributed by atoms with Gasteiger partial charge in [-0.3, -0.25) is 9.11 Å². The molecule has 0 atom stereocenters. The minimum absolute atomic E-state index is 0. The first-order valence-electron chi connectivity index (χ1n) is 14.6. The molecule has 1 radical (unpaired) electrons. The van der Waals surface area contributed by atoms with E-state index in [4.69, 9.17) is 5.73 Å². The third-order valence-corrected chi connectivity index (χ3v) is 9.09. The Labute approximate surface area is 318 Å². The van der Waals surface area contributed by atoms with Gasteiger partial charge in [-0.15, -0.1) is 10.2 Å². The predicted molar refractivity (Wildman–Crippen MR) is 194 cm³/mol. The fourth-order valence-electron chi connectivity index (χ4n) is 4.89. The van der Waals surface area contributed by atoms with Crippen molar-refractivity contribution < 1.29 is 36.2 Å². The first kappa shape index (κ1) is 37.8. The monoisotopic (exact) mass is 746 g/mol. The number of aromatic hydroxyl groups is 2. The van der Waals surface area contributed by atoms with Gasteiger partial charge in [0.05, 0.1) is 33.8 Å². The van der Waals surface area contributed by atoms with Crippen molar-refractivity contribution >= 4 is 100 Å². The third kappa shape index (κ3) is 8.55. The van der Waals surface area contributed by atoms with Crippen LogP contribution in [0.25, 0.3) is 21.9 Å². The summed E-state index contributed by atoms with van der Waals surface area (Å²) in [5.74, 6) is -0.726. The molecule has 6 aromatic carbocycles. The summed E-state index contributed by atoms with van der Waals surface area (Å²) < 4.78 is 69.3. The molecule has 0 heterocycles. The van der Waals surface area contributed by atoms with Crippen LogP contribution in [-0.2, 0) is 20.2 Å². The van der Waals surface area contributed by atoms with Crippen molar-refractivity contribution in [3.8, 4) is 22.6 Å². The smallest absolute Gasteiger partial charge is 0.296 e. The van der Waals surface area contributed by atoms with Gasteiger partial charge >= 0.3 is 0 Å². The molecule has 6 aromatic rings. The zero-order chi connectivity index (χ0) is 36.3. The molecule has 0 aliphatic carbocycles. The molecule has 0 aliphatic rings. The van der Waals surface area contributed by atoms with E-state index in [0.29, 0.717) is 17.1 Å². The summed E-state index contributed by atoms with van der Waals surface area (Å²) in [4.78, 5) is -1.73. The number of hydrogen-bond acceptors (Lipinski definition) is 13. The molecule has 0 saturated heterocycles. The summed E-state index contributed by atoms with van der Waals surface area (Å²) in [6, 6.07) is 29.9. The fraction of sp³-hybridized carbons (Fsp3) is 0. The number of benzene rings is 6. The van der Waals surface area contributed by atoms with Crippen LogP contribution in [0.2, 0.25) is 0 Å². The van der Waals surface area contributed by atoms with E-state index in [1.165, 1.54) is 12.1 Å². The number of nitrogens with two attached hydrogens (primary N) is 1. The maximum absolute atomic E-state index is 12.4. The molecule has 6 N–H and O–H groups in total. The van der Waals surface area contributed by atoms with E-state index in [1.807, 2.05) is 12.1 Å². The van der Waals surface area contributed by atoms with E-state index in [9.17, 15) is 36.2 Å². The van der Waals surface area contributed by atoms with Gasteiger partial charge < -0.3 is 15.9 Å². The van der Waals surface area contributed by atoms with E-state index in [1.54, 1.807) is 78.9 Å². The summed E-state index contributed by atoms with van der Waals surface area (Å²) in [6.45, 7) is 0. The Morgan fingerprint density at radius 1 is 0.500 bits per heavy atom. The number of azo groups is 3. The van der Waals surface area contributed by atoms with Crippen LogP contribution in [0.5, 0.6) is 11.5 Å². The van der Waals surface area contributed by atoms with Crippen LogP contribution >= 0.6 is 0 Å². The molecule has 18 heteroatoms.